The molecule has 1 amide bonds. The molecule has 0 spiro atoms. The summed E-state index contributed by atoms with van der Waals surface area (Å²) in [7, 11) is 1.44. The Kier molecular flexibility index (Phi) is 4.86. The number of fused-ring (bicyclic) bond motifs is 1. The highest BCUT2D eigenvalue weighted by Gasteiger charge is 2.30. The predicted octanol–water partition coefficient (Wildman–Crippen LogP) is 4.33. The van der Waals surface area contributed by atoms with Gasteiger partial charge in [0.25, 0.3) is 11.5 Å². The molecule has 0 atom stereocenters. The van der Waals surface area contributed by atoms with Crippen molar-refractivity contribution in [3.63, 3.8) is 0 Å². The minimum atomic E-state index is -4.53. The van der Waals surface area contributed by atoms with Crippen LogP contribution in [0.4, 0.5) is 18.9 Å². The lowest BCUT2D eigenvalue weighted by Crippen LogP contribution is -2.21. The second-order valence-corrected chi connectivity index (χ2v) is 7.29. The first-order chi connectivity index (χ1) is 14.3. The SMILES string of the molecule is Cn1c(-c2cccc(C(F)(F)F)c2)nc2c(NC(=O)c3cncs3)cccc2c1=O. The van der Waals surface area contributed by atoms with Gasteiger partial charge in [-0.1, -0.05) is 18.2 Å². The Morgan fingerprint density at radius 2 is 1.93 bits per heavy atom. The van der Waals surface area contributed by atoms with Crippen molar-refractivity contribution >= 4 is 33.8 Å². The fraction of sp³-hybridized carbons (Fsp3) is 0.100. The number of nitrogens with one attached hydrogen (secondary N) is 1. The molecule has 0 saturated carbocycles. The first-order valence-electron chi connectivity index (χ1n) is 8.63. The molecule has 4 rings (SSSR count). The van der Waals surface area contributed by atoms with Crippen LogP contribution in [0.3, 0.4) is 0 Å². The van der Waals surface area contributed by atoms with Crippen LogP contribution in [0.15, 0.2) is 59.0 Å². The van der Waals surface area contributed by atoms with E-state index in [9.17, 15) is 22.8 Å². The van der Waals surface area contributed by atoms with E-state index in [4.69, 9.17) is 0 Å². The Labute approximate surface area is 171 Å². The molecule has 0 aliphatic rings. The van der Waals surface area contributed by atoms with E-state index in [-0.39, 0.29) is 28.0 Å². The number of anilines is 1. The van der Waals surface area contributed by atoms with Gasteiger partial charge in [0, 0.05) is 12.6 Å². The Bertz CT molecular complexity index is 1310. The zero-order valence-electron chi connectivity index (χ0n) is 15.4. The van der Waals surface area contributed by atoms with Crippen molar-refractivity contribution in [3.05, 3.63) is 75.0 Å². The number of alkyl halides is 3. The van der Waals surface area contributed by atoms with Gasteiger partial charge in [-0.05, 0) is 24.3 Å². The summed E-state index contributed by atoms with van der Waals surface area (Å²) in [5.41, 5.74) is 0.817. The third kappa shape index (κ3) is 3.57. The van der Waals surface area contributed by atoms with Gasteiger partial charge in [0.1, 0.15) is 16.2 Å². The monoisotopic (exact) mass is 430 g/mol. The number of para-hydroxylation sites is 1. The number of amides is 1. The third-order valence-electron chi connectivity index (χ3n) is 4.46. The number of nitrogens with zero attached hydrogens (tertiary/aromatic N) is 3. The molecule has 0 unspecified atom stereocenters. The van der Waals surface area contributed by atoms with Crippen molar-refractivity contribution in [2.24, 2.45) is 7.05 Å². The summed E-state index contributed by atoms with van der Waals surface area (Å²) in [5, 5.41) is 2.92. The van der Waals surface area contributed by atoms with Gasteiger partial charge in [0.15, 0.2) is 0 Å². The van der Waals surface area contributed by atoms with Crippen LogP contribution >= 0.6 is 11.3 Å². The highest BCUT2D eigenvalue weighted by atomic mass is 32.1. The highest BCUT2D eigenvalue weighted by molar-refractivity contribution is 7.11. The first kappa shape index (κ1) is 19.8. The molecule has 1 N–H and O–H groups in total. The van der Waals surface area contributed by atoms with E-state index in [1.54, 1.807) is 18.2 Å². The van der Waals surface area contributed by atoms with E-state index in [0.29, 0.717) is 4.88 Å². The van der Waals surface area contributed by atoms with Crippen molar-refractivity contribution in [1.29, 1.82) is 0 Å². The molecule has 30 heavy (non-hydrogen) atoms. The zero-order chi connectivity index (χ0) is 21.5. The van der Waals surface area contributed by atoms with Crippen LogP contribution in [-0.4, -0.2) is 20.4 Å². The molecule has 10 heteroatoms. The molecule has 6 nitrogen and oxygen atoms in total. The summed E-state index contributed by atoms with van der Waals surface area (Å²) in [6.07, 6.45) is -3.12. The molecule has 152 valence electrons. The van der Waals surface area contributed by atoms with Gasteiger partial charge in [-0.25, -0.2) is 4.98 Å². The molecule has 2 heterocycles. The largest absolute Gasteiger partial charge is 0.416 e. The molecule has 4 aromatic rings. The van der Waals surface area contributed by atoms with Gasteiger partial charge in [-0.3, -0.25) is 19.1 Å². The Morgan fingerprint density at radius 1 is 1.17 bits per heavy atom. The second-order valence-electron chi connectivity index (χ2n) is 6.40. The molecule has 0 fully saturated rings. The summed E-state index contributed by atoms with van der Waals surface area (Å²) in [5.74, 6) is -0.369. The number of carbonyl (C=O) groups is 1. The summed E-state index contributed by atoms with van der Waals surface area (Å²) >= 11 is 1.15. The van der Waals surface area contributed by atoms with Crippen LogP contribution in [-0.2, 0) is 13.2 Å². The van der Waals surface area contributed by atoms with Gasteiger partial charge < -0.3 is 5.32 Å². The average molecular weight is 430 g/mol. The quantitative estimate of drug-likeness (QED) is 0.525. The molecule has 0 radical (unpaired) electrons. The molecular weight excluding hydrogens is 417 g/mol. The third-order valence-corrected chi connectivity index (χ3v) is 5.23. The van der Waals surface area contributed by atoms with Crippen molar-refractivity contribution in [2.45, 2.75) is 6.18 Å². The van der Waals surface area contributed by atoms with Gasteiger partial charge in [0.2, 0.25) is 0 Å². The Hall–Kier alpha value is -3.53. The van der Waals surface area contributed by atoms with Gasteiger partial charge in [-0.2, -0.15) is 13.2 Å². The standard InChI is InChI=1S/C20H13F3N4O2S/c1-27-17(11-4-2-5-12(8-11)20(21,22)23)26-16-13(19(27)29)6-3-7-14(16)25-18(28)15-9-24-10-30-15/h2-10H,1H3,(H,25,28). The van der Waals surface area contributed by atoms with Crippen LogP contribution < -0.4 is 10.9 Å². The normalized spacial score (nSPS) is 11.6. The molecule has 2 aromatic heterocycles. The molecule has 0 aliphatic carbocycles. The van der Waals surface area contributed by atoms with Crippen molar-refractivity contribution in [1.82, 2.24) is 14.5 Å². The summed E-state index contributed by atoms with van der Waals surface area (Å²) in [4.78, 5) is 33.9. The number of hydrogen-bond donors (Lipinski definition) is 1. The number of aromatic nitrogens is 3. The molecule has 0 aliphatic heterocycles. The smallest absolute Gasteiger partial charge is 0.319 e. The Balaban J connectivity index is 1.88. The van der Waals surface area contributed by atoms with Gasteiger partial charge in [0.05, 0.1) is 28.3 Å². The fourth-order valence-electron chi connectivity index (χ4n) is 3.00. The van der Waals surface area contributed by atoms with Crippen LogP contribution in [0, 0.1) is 0 Å². The van der Waals surface area contributed by atoms with Crippen molar-refractivity contribution in [2.75, 3.05) is 5.32 Å². The first-order valence-corrected chi connectivity index (χ1v) is 9.51. The van der Waals surface area contributed by atoms with Crippen LogP contribution in [0.1, 0.15) is 15.2 Å². The summed E-state index contributed by atoms with van der Waals surface area (Å²) < 4.78 is 40.5. The maximum Gasteiger partial charge on any atom is 0.416 e. The number of benzene rings is 2. The topological polar surface area (TPSA) is 76.9 Å². The maximum atomic E-state index is 13.1. The van der Waals surface area contributed by atoms with Gasteiger partial charge >= 0.3 is 6.18 Å². The summed E-state index contributed by atoms with van der Waals surface area (Å²) in [6.45, 7) is 0. The molecular formula is C20H13F3N4O2S. The second kappa shape index (κ2) is 7.38. The minimum absolute atomic E-state index is 0.0538. The number of carbonyl (C=O) groups excluding carboxylic acids is 1. The minimum Gasteiger partial charge on any atom is -0.319 e. The van der Waals surface area contributed by atoms with E-state index in [1.807, 2.05) is 0 Å². The average Bonchev–Trinajstić information content (AvgIpc) is 3.25. The Morgan fingerprint density at radius 3 is 2.63 bits per heavy atom. The summed E-state index contributed by atoms with van der Waals surface area (Å²) in [6, 6.07) is 9.30. The lowest BCUT2D eigenvalue weighted by molar-refractivity contribution is -0.137. The lowest BCUT2D eigenvalue weighted by atomic mass is 10.1. The van der Waals surface area contributed by atoms with E-state index in [0.717, 1.165) is 23.5 Å². The van der Waals surface area contributed by atoms with Crippen LogP contribution in [0.2, 0.25) is 0 Å². The van der Waals surface area contributed by atoms with Crippen molar-refractivity contribution < 1.29 is 18.0 Å². The highest BCUT2D eigenvalue weighted by Crippen LogP contribution is 2.32. The fourth-order valence-corrected chi connectivity index (χ4v) is 3.51. The van der Waals surface area contributed by atoms with Crippen LogP contribution in [0.25, 0.3) is 22.3 Å². The molecule has 0 saturated heterocycles. The van der Waals surface area contributed by atoms with Crippen LogP contribution in [0.5, 0.6) is 0 Å². The number of thiazole rings is 1. The van der Waals surface area contributed by atoms with E-state index >= 15 is 0 Å². The lowest BCUT2D eigenvalue weighted by Gasteiger charge is -2.14. The van der Waals surface area contributed by atoms with E-state index in [2.05, 4.69) is 15.3 Å². The van der Waals surface area contributed by atoms with E-state index in [1.165, 1.54) is 35.5 Å². The number of hydrogen-bond acceptors (Lipinski definition) is 5. The number of halogens is 3. The van der Waals surface area contributed by atoms with Crippen molar-refractivity contribution in [3.8, 4) is 11.4 Å². The van der Waals surface area contributed by atoms with E-state index < -0.39 is 23.2 Å². The maximum absolute atomic E-state index is 13.1. The van der Waals surface area contributed by atoms with Gasteiger partial charge in [-0.15, -0.1) is 11.3 Å². The molecule has 0 bridgehead atoms. The zero-order valence-corrected chi connectivity index (χ0v) is 16.2. The molecule has 2 aromatic carbocycles. The number of rotatable bonds is 3. The predicted molar refractivity (Wildman–Crippen MR) is 107 cm³/mol.